The number of hydrogen-bond donors (Lipinski definition) is 2. The molecule has 0 saturated carbocycles. The van der Waals surface area contributed by atoms with Gasteiger partial charge in [-0.25, -0.2) is 4.79 Å². The third-order valence-corrected chi connectivity index (χ3v) is 3.01. The number of alkyl carbamates (subject to hydrolysis) is 1. The Morgan fingerprint density at radius 2 is 1.81 bits per heavy atom. The fraction of sp³-hybridized carbons (Fsp3) is 0.353. The number of amides is 1. The summed E-state index contributed by atoms with van der Waals surface area (Å²) in [4.78, 5) is 11.6. The van der Waals surface area contributed by atoms with Gasteiger partial charge in [-0.15, -0.1) is 0 Å². The quantitative estimate of drug-likeness (QED) is 0.906. The summed E-state index contributed by atoms with van der Waals surface area (Å²) < 4.78 is 5.16. The molecule has 0 bridgehead atoms. The van der Waals surface area contributed by atoms with Crippen LogP contribution in [0.4, 0.5) is 4.79 Å². The summed E-state index contributed by atoms with van der Waals surface area (Å²) in [5.74, 6) is 0.250. The summed E-state index contributed by atoms with van der Waals surface area (Å²) in [6.45, 7) is 5.88. The van der Waals surface area contributed by atoms with Gasteiger partial charge in [0.25, 0.3) is 0 Å². The van der Waals surface area contributed by atoms with Crippen LogP contribution >= 0.6 is 0 Å². The number of carbonyl (C=O) groups excluding carboxylic acids is 1. The van der Waals surface area contributed by atoms with Gasteiger partial charge in [0.15, 0.2) is 0 Å². The predicted molar refractivity (Wildman–Crippen MR) is 83.6 cm³/mol. The maximum Gasteiger partial charge on any atom is 0.407 e. The van der Waals surface area contributed by atoms with Crippen LogP contribution in [0.5, 0.6) is 5.75 Å². The van der Waals surface area contributed by atoms with Crippen LogP contribution in [-0.2, 0) is 11.2 Å². The lowest BCUT2D eigenvalue weighted by Gasteiger charge is -2.19. The second-order valence-electron chi connectivity index (χ2n) is 6.01. The van der Waals surface area contributed by atoms with Crippen molar-refractivity contribution in [1.29, 1.82) is 0 Å². The molecule has 2 aromatic rings. The van der Waals surface area contributed by atoms with Gasteiger partial charge in [-0.05, 0) is 55.7 Å². The lowest BCUT2D eigenvalue weighted by Crippen LogP contribution is -2.33. The van der Waals surface area contributed by atoms with E-state index in [0.717, 1.165) is 16.3 Å². The molecule has 0 aliphatic carbocycles. The van der Waals surface area contributed by atoms with Crippen LogP contribution in [0.25, 0.3) is 10.8 Å². The summed E-state index contributed by atoms with van der Waals surface area (Å²) in [5.41, 5.74) is 0.305. The van der Waals surface area contributed by atoms with Crippen molar-refractivity contribution in [2.45, 2.75) is 32.8 Å². The van der Waals surface area contributed by atoms with Gasteiger partial charge in [-0.1, -0.05) is 24.3 Å². The highest BCUT2D eigenvalue weighted by atomic mass is 16.6. The zero-order valence-electron chi connectivity index (χ0n) is 12.6. The minimum Gasteiger partial charge on any atom is -0.508 e. The number of ether oxygens (including phenoxy) is 1. The molecule has 0 aliphatic rings. The molecule has 2 aromatic carbocycles. The molecule has 1 amide bonds. The first-order chi connectivity index (χ1) is 9.85. The number of benzene rings is 2. The minimum atomic E-state index is -0.505. The molecule has 2 N–H and O–H groups in total. The van der Waals surface area contributed by atoms with E-state index in [4.69, 9.17) is 4.74 Å². The Morgan fingerprint density at radius 1 is 1.19 bits per heavy atom. The van der Waals surface area contributed by atoms with E-state index in [0.29, 0.717) is 13.0 Å². The van der Waals surface area contributed by atoms with Gasteiger partial charge < -0.3 is 15.2 Å². The molecule has 0 fully saturated rings. The molecule has 0 atom stereocenters. The SMILES string of the molecule is CC(C)(C)OC(=O)NCCc1cc2ccccc2cc1O. The summed E-state index contributed by atoms with van der Waals surface area (Å²) >= 11 is 0. The van der Waals surface area contributed by atoms with Crippen molar-refractivity contribution in [2.75, 3.05) is 6.54 Å². The molecule has 0 heterocycles. The number of aromatic hydroxyl groups is 1. The molecule has 0 aromatic heterocycles. The van der Waals surface area contributed by atoms with Crippen LogP contribution in [-0.4, -0.2) is 23.3 Å². The lowest BCUT2D eigenvalue weighted by atomic mass is 10.0. The first-order valence-electron chi connectivity index (χ1n) is 7.03. The number of carbonyl (C=O) groups is 1. The van der Waals surface area contributed by atoms with E-state index in [9.17, 15) is 9.90 Å². The highest BCUT2D eigenvalue weighted by molar-refractivity contribution is 5.84. The van der Waals surface area contributed by atoms with Gasteiger partial charge in [0.2, 0.25) is 0 Å². The van der Waals surface area contributed by atoms with Crippen LogP contribution in [0.1, 0.15) is 26.3 Å². The summed E-state index contributed by atoms with van der Waals surface area (Å²) in [5, 5.41) is 14.8. The van der Waals surface area contributed by atoms with Crippen LogP contribution in [0.3, 0.4) is 0 Å². The van der Waals surface area contributed by atoms with Crippen LogP contribution < -0.4 is 5.32 Å². The zero-order valence-corrected chi connectivity index (χ0v) is 12.6. The Balaban J connectivity index is 1.97. The molecule has 0 saturated heterocycles. The number of fused-ring (bicyclic) bond motifs is 1. The van der Waals surface area contributed by atoms with E-state index < -0.39 is 11.7 Å². The average molecular weight is 287 g/mol. The molecule has 21 heavy (non-hydrogen) atoms. The van der Waals surface area contributed by atoms with Crippen LogP contribution in [0.15, 0.2) is 36.4 Å². The van der Waals surface area contributed by atoms with Crippen LogP contribution in [0, 0.1) is 0 Å². The molecule has 0 aliphatic heterocycles. The van der Waals surface area contributed by atoms with Crippen molar-refractivity contribution in [3.8, 4) is 5.75 Å². The third kappa shape index (κ3) is 4.38. The van der Waals surface area contributed by atoms with Crippen molar-refractivity contribution in [3.63, 3.8) is 0 Å². The summed E-state index contributed by atoms with van der Waals surface area (Å²) in [6.07, 6.45) is 0.110. The molecule has 0 spiro atoms. The van der Waals surface area contributed by atoms with Gasteiger partial charge in [-0.2, -0.15) is 0 Å². The maximum atomic E-state index is 11.6. The topological polar surface area (TPSA) is 58.6 Å². The molecule has 0 unspecified atom stereocenters. The van der Waals surface area contributed by atoms with E-state index in [1.54, 1.807) is 6.07 Å². The first kappa shape index (κ1) is 15.2. The number of phenols is 1. The van der Waals surface area contributed by atoms with Crippen molar-refractivity contribution >= 4 is 16.9 Å². The molecule has 0 radical (unpaired) electrons. The first-order valence-corrected chi connectivity index (χ1v) is 7.03. The molecular weight excluding hydrogens is 266 g/mol. The van der Waals surface area contributed by atoms with E-state index in [1.807, 2.05) is 51.1 Å². The Labute approximate surface area is 124 Å². The monoisotopic (exact) mass is 287 g/mol. The molecule has 4 heteroatoms. The van der Waals surface area contributed by atoms with Crippen molar-refractivity contribution in [3.05, 3.63) is 42.0 Å². The van der Waals surface area contributed by atoms with Crippen LogP contribution in [0.2, 0.25) is 0 Å². The molecule has 112 valence electrons. The lowest BCUT2D eigenvalue weighted by molar-refractivity contribution is 0.0528. The molecular formula is C17H21NO3. The van der Waals surface area contributed by atoms with Gasteiger partial charge in [0.05, 0.1) is 0 Å². The Kier molecular flexibility index (Phi) is 4.36. The smallest absolute Gasteiger partial charge is 0.407 e. The average Bonchev–Trinajstić information content (AvgIpc) is 2.37. The van der Waals surface area contributed by atoms with Gasteiger partial charge >= 0.3 is 6.09 Å². The number of rotatable bonds is 3. The standard InChI is InChI=1S/C17H21NO3/c1-17(2,3)21-16(20)18-9-8-14-10-12-6-4-5-7-13(12)11-15(14)19/h4-7,10-11,19H,8-9H2,1-3H3,(H,18,20). The summed E-state index contributed by atoms with van der Waals surface area (Å²) in [6, 6.07) is 11.5. The second-order valence-corrected chi connectivity index (χ2v) is 6.01. The number of hydrogen-bond acceptors (Lipinski definition) is 3. The Bertz CT molecular complexity index is 644. The van der Waals surface area contributed by atoms with Crippen molar-refractivity contribution in [2.24, 2.45) is 0 Å². The van der Waals surface area contributed by atoms with Gasteiger partial charge in [0, 0.05) is 6.54 Å². The van der Waals surface area contributed by atoms with Gasteiger partial charge in [0.1, 0.15) is 11.4 Å². The third-order valence-electron chi connectivity index (χ3n) is 3.01. The Hall–Kier alpha value is -2.23. The fourth-order valence-corrected chi connectivity index (χ4v) is 2.09. The highest BCUT2D eigenvalue weighted by Crippen LogP contribution is 2.25. The maximum absolute atomic E-state index is 11.6. The van der Waals surface area contributed by atoms with E-state index >= 15 is 0 Å². The minimum absolute atomic E-state index is 0.250. The largest absolute Gasteiger partial charge is 0.508 e. The number of phenolic OH excluding ortho intramolecular Hbond substituents is 1. The van der Waals surface area contributed by atoms with Crippen molar-refractivity contribution < 1.29 is 14.6 Å². The predicted octanol–water partition coefficient (Wildman–Crippen LogP) is 3.61. The molecule has 2 rings (SSSR count). The van der Waals surface area contributed by atoms with Crippen molar-refractivity contribution in [1.82, 2.24) is 5.32 Å². The fourth-order valence-electron chi connectivity index (χ4n) is 2.09. The zero-order chi connectivity index (χ0) is 15.5. The second kappa shape index (κ2) is 6.04. The summed E-state index contributed by atoms with van der Waals surface area (Å²) in [7, 11) is 0. The van der Waals surface area contributed by atoms with Gasteiger partial charge in [-0.3, -0.25) is 0 Å². The Morgan fingerprint density at radius 3 is 2.43 bits per heavy atom. The highest BCUT2D eigenvalue weighted by Gasteiger charge is 2.15. The van der Waals surface area contributed by atoms with E-state index in [2.05, 4.69) is 5.32 Å². The number of nitrogens with one attached hydrogen (secondary N) is 1. The molecule has 4 nitrogen and oxygen atoms in total. The normalized spacial score (nSPS) is 11.4. The van der Waals surface area contributed by atoms with E-state index in [-0.39, 0.29) is 5.75 Å². The van der Waals surface area contributed by atoms with E-state index in [1.165, 1.54) is 0 Å².